The molecule has 1 aromatic carbocycles. The van der Waals surface area contributed by atoms with Crippen LogP contribution in [-0.4, -0.2) is 30.0 Å². The number of benzene rings is 1. The highest BCUT2D eigenvalue weighted by atomic mass is 79.9. The minimum absolute atomic E-state index is 0. The maximum atomic E-state index is 11.9. The van der Waals surface area contributed by atoms with Gasteiger partial charge in [0.2, 0.25) is 5.91 Å². The summed E-state index contributed by atoms with van der Waals surface area (Å²) in [5, 5.41) is 7.33. The van der Waals surface area contributed by atoms with Gasteiger partial charge in [-0.2, -0.15) is 0 Å². The quantitative estimate of drug-likeness (QED) is 0.788. The number of aromatic nitrogens is 1. The van der Waals surface area contributed by atoms with Gasteiger partial charge in [0.15, 0.2) is 0 Å². The van der Waals surface area contributed by atoms with Gasteiger partial charge < -0.3 is 10.6 Å². The fraction of sp³-hybridized carbons (Fsp3) is 0.429. The largest absolute Gasteiger partial charge is 0.352 e. The zero-order valence-corrected chi connectivity index (χ0v) is 15.8. The van der Waals surface area contributed by atoms with E-state index >= 15 is 0 Å². The number of carbonyl (C=O) groups excluding carboxylic acids is 1. The maximum absolute atomic E-state index is 11.9. The van der Waals surface area contributed by atoms with E-state index in [1.54, 1.807) is 11.3 Å². The van der Waals surface area contributed by atoms with Crippen LogP contribution in [0.15, 0.2) is 22.7 Å². The standard InChI is InChI=1S/C14H16BrN3OS.2ClH/c15-9-1-2-12-11(7-9)18-14(20-12)4-3-13(19)17-10-5-6-16-8-10;;/h1-2,7,10,16H,3-6,8H2,(H,17,19);2*1H. The zero-order chi connectivity index (χ0) is 13.9. The zero-order valence-electron chi connectivity index (χ0n) is 11.8. The van der Waals surface area contributed by atoms with Gasteiger partial charge in [-0.3, -0.25) is 4.79 Å². The van der Waals surface area contributed by atoms with Gasteiger partial charge >= 0.3 is 0 Å². The molecule has 2 N–H and O–H groups in total. The molecule has 122 valence electrons. The van der Waals surface area contributed by atoms with Gasteiger partial charge in [-0.05, 0) is 31.2 Å². The summed E-state index contributed by atoms with van der Waals surface area (Å²) in [5.41, 5.74) is 1.000. The number of carbonyl (C=O) groups is 1. The van der Waals surface area contributed by atoms with Crippen molar-refractivity contribution in [2.45, 2.75) is 25.3 Å². The van der Waals surface area contributed by atoms with Gasteiger partial charge in [0.25, 0.3) is 0 Å². The second-order valence-corrected chi connectivity index (χ2v) is 7.01. The number of fused-ring (bicyclic) bond motifs is 1. The van der Waals surface area contributed by atoms with Crippen molar-refractivity contribution < 1.29 is 4.79 Å². The molecule has 0 aliphatic carbocycles. The Labute approximate surface area is 154 Å². The highest BCUT2D eigenvalue weighted by Gasteiger charge is 2.16. The van der Waals surface area contributed by atoms with Gasteiger partial charge in [-0.15, -0.1) is 36.2 Å². The molecule has 1 saturated heterocycles. The molecular weight excluding hydrogens is 409 g/mol. The van der Waals surface area contributed by atoms with Gasteiger partial charge in [0, 0.05) is 29.9 Å². The van der Waals surface area contributed by atoms with E-state index in [0.29, 0.717) is 18.9 Å². The SMILES string of the molecule is Cl.Cl.O=C(CCc1nc2cc(Br)ccc2s1)NC1CCNC1. The van der Waals surface area contributed by atoms with Crippen LogP contribution in [0.3, 0.4) is 0 Å². The van der Waals surface area contributed by atoms with Crippen LogP contribution in [-0.2, 0) is 11.2 Å². The molecule has 1 aromatic heterocycles. The summed E-state index contributed by atoms with van der Waals surface area (Å²) >= 11 is 5.11. The first-order chi connectivity index (χ1) is 9.70. The van der Waals surface area contributed by atoms with Crippen LogP contribution in [0, 0.1) is 0 Å². The van der Waals surface area contributed by atoms with Crippen molar-refractivity contribution in [1.82, 2.24) is 15.6 Å². The van der Waals surface area contributed by atoms with Crippen LogP contribution in [0.4, 0.5) is 0 Å². The molecule has 1 fully saturated rings. The van der Waals surface area contributed by atoms with Crippen molar-refractivity contribution in [2.75, 3.05) is 13.1 Å². The molecule has 0 saturated carbocycles. The van der Waals surface area contributed by atoms with E-state index in [9.17, 15) is 4.79 Å². The second kappa shape index (κ2) is 9.03. The van der Waals surface area contributed by atoms with E-state index < -0.39 is 0 Å². The minimum atomic E-state index is 0. The number of rotatable bonds is 4. The third-order valence-corrected chi connectivity index (χ3v) is 4.97. The van der Waals surface area contributed by atoms with Gasteiger partial charge in [-0.25, -0.2) is 4.98 Å². The summed E-state index contributed by atoms with van der Waals surface area (Å²) in [6.07, 6.45) is 2.25. The smallest absolute Gasteiger partial charge is 0.220 e. The van der Waals surface area contributed by atoms with Crippen molar-refractivity contribution >= 4 is 68.2 Å². The summed E-state index contributed by atoms with van der Waals surface area (Å²) in [7, 11) is 0. The molecule has 0 spiro atoms. The first kappa shape index (κ1) is 19.6. The number of amides is 1. The Kier molecular flexibility index (Phi) is 8.07. The first-order valence-electron chi connectivity index (χ1n) is 6.76. The molecular formula is C14H18BrCl2N3OS. The molecule has 8 heteroatoms. The Balaban J connectivity index is 0.00000121. The van der Waals surface area contributed by atoms with Crippen molar-refractivity contribution in [1.29, 1.82) is 0 Å². The molecule has 22 heavy (non-hydrogen) atoms. The van der Waals surface area contributed by atoms with E-state index in [0.717, 1.165) is 34.5 Å². The topological polar surface area (TPSA) is 54.0 Å². The van der Waals surface area contributed by atoms with E-state index in [4.69, 9.17) is 0 Å². The van der Waals surface area contributed by atoms with E-state index in [1.807, 2.05) is 12.1 Å². The minimum Gasteiger partial charge on any atom is -0.352 e. The van der Waals surface area contributed by atoms with Crippen molar-refractivity contribution in [3.63, 3.8) is 0 Å². The summed E-state index contributed by atoms with van der Waals surface area (Å²) in [6.45, 7) is 1.89. The number of hydrogen-bond acceptors (Lipinski definition) is 4. The molecule has 1 aliphatic rings. The van der Waals surface area contributed by atoms with E-state index in [2.05, 4.69) is 37.6 Å². The summed E-state index contributed by atoms with van der Waals surface area (Å²) in [6, 6.07) is 6.39. The summed E-state index contributed by atoms with van der Waals surface area (Å²) < 4.78 is 2.21. The third kappa shape index (κ3) is 5.06. The lowest BCUT2D eigenvalue weighted by molar-refractivity contribution is -0.121. The van der Waals surface area contributed by atoms with Crippen LogP contribution in [0.5, 0.6) is 0 Å². The highest BCUT2D eigenvalue weighted by Crippen LogP contribution is 2.25. The van der Waals surface area contributed by atoms with Crippen molar-refractivity contribution in [3.05, 3.63) is 27.7 Å². The van der Waals surface area contributed by atoms with Crippen LogP contribution < -0.4 is 10.6 Å². The summed E-state index contributed by atoms with van der Waals surface area (Å²) in [4.78, 5) is 16.4. The van der Waals surface area contributed by atoms with E-state index in [-0.39, 0.29) is 30.7 Å². The molecule has 0 bridgehead atoms. The molecule has 4 nitrogen and oxygen atoms in total. The predicted octanol–water partition coefficient (Wildman–Crippen LogP) is 3.31. The number of nitrogens with one attached hydrogen (secondary N) is 2. The summed E-state index contributed by atoms with van der Waals surface area (Å²) in [5.74, 6) is 0.124. The molecule has 0 radical (unpaired) electrons. The lowest BCUT2D eigenvalue weighted by Crippen LogP contribution is -2.36. The molecule has 1 atom stereocenters. The van der Waals surface area contributed by atoms with Gasteiger partial charge in [0.1, 0.15) is 0 Å². The normalized spacial score (nSPS) is 16.9. The van der Waals surface area contributed by atoms with E-state index in [1.165, 1.54) is 4.70 Å². The fourth-order valence-electron chi connectivity index (χ4n) is 2.35. The predicted molar refractivity (Wildman–Crippen MR) is 99.6 cm³/mol. The lowest BCUT2D eigenvalue weighted by Gasteiger charge is -2.10. The van der Waals surface area contributed by atoms with Gasteiger partial charge in [-0.1, -0.05) is 15.9 Å². The Hall–Kier alpha value is -0.400. The van der Waals surface area contributed by atoms with Crippen LogP contribution in [0.1, 0.15) is 17.8 Å². The van der Waals surface area contributed by atoms with Gasteiger partial charge in [0.05, 0.1) is 15.2 Å². The Bertz CT molecular complexity index is 632. The molecule has 1 unspecified atom stereocenters. The monoisotopic (exact) mass is 425 g/mol. The highest BCUT2D eigenvalue weighted by molar-refractivity contribution is 9.10. The Morgan fingerprint density at radius 3 is 3.00 bits per heavy atom. The van der Waals surface area contributed by atoms with Crippen LogP contribution >= 0.6 is 52.1 Å². The molecule has 1 aliphatic heterocycles. The first-order valence-corrected chi connectivity index (χ1v) is 8.37. The number of thiazole rings is 1. The Morgan fingerprint density at radius 2 is 2.27 bits per heavy atom. The average molecular weight is 427 g/mol. The third-order valence-electron chi connectivity index (χ3n) is 3.39. The molecule has 2 heterocycles. The number of halogens is 3. The number of hydrogen-bond donors (Lipinski definition) is 2. The van der Waals surface area contributed by atoms with Crippen LogP contribution in [0.25, 0.3) is 10.2 Å². The average Bonchev–Trinajstić information content (AvgIpc) is 3.04. The number of nitrogens with zero attached hydrogens (tertiary/aromatic N) is 1. The second-order valence-electron chi connectivity index (χ2n) is 4.98. The van der Waals surface area contributed by atoms with Crippen LogP contribution in [0.2, 0.25) is 0 Å². The Morgan fingerprint density at radius 1 is 1.45 bits per heavy atom. The van der Waals surface area contributed by atoms with Crippen molar-refractivity contribution in [3.8, 4) is 0 Å². The number of aryl methyl sites for hydroxylation is 1. The molecule has 3 rings (SSSR count). The lowest BCUT2D eigenvalue weighted by atomic mass is 10.2. The fourth-order valence-corrected chi connectivity index (χ4v) is 3.65. The molecule has 2 aromatic rings. The molecule has 1 amide bonds. The maximum Gasteiger partial charge on any atom is 0.220 e. The van der Waals surface area contributed by atoms with Crippen molar-refractivity contribution in [2.24, 2.45) is 0 Å².